The number of rotatable bonds is 39. The summed E-state index contributed by atoms with van der Waals surface area (Å²) in [6.07, 6.45) is 31.8. The molecular formula is C48H85O13P. The molecule has 0 heterocycles. The molecular weight excluding hydrogens is 815 g/mol. The minimum atomic E-state index is -5.13. The van der Waals surface area contributed by atoms with Gasteiger partial charge >= 0.3 is 19.8 Å². The van der Waals surface area contributed by atoms with E-state index in [9.17, 15) is 44.6 Å². The van der Waals surface area contributed by atoms with E-state index in [0.29, 0.717) is 12.8 Å². The third-order valence-corrected chi connectivity index (χ3v) is 11.9. The Morgan fingerprint density at radius 2 is 0.952 bits per heavy atom. The normalized spacial score (nSPS) is 22.3. The Morgan fingerprint density at radius 1 is 0.516 bits per heavy atom. The number of hydrogen-bond donors (Lipinski definition) is 6. The maximum Gasteiger partial charge on any atom is 0.472 e. The molecule has 0 aromatic carbocycles. The Bertz CT molecular complexity index is 1270. The molecule has 6 N–H and O–H groups in total. The highest BCUT2D eigenvalue weighted by Gasteiger charge is 2.51. The number of allylic oxidation sites excluding steroid dienone is 8. The van der Waals surface area contributed by atoms with Crippen molar-refractivity contribution in [3.8, 4) is 0 Å². The van der Waals surface area contributed by atoms with E-state index in [0.717, 1.165) is 44.9 Å². The Labute approximate surface area is 373 Å². The maximum atomic E-state index is 12.8. The van der Waals surface area contributed by atoms with Gasteiger partial charge in [-0.2, -0.15) is 0 Å². The number of aliphatic hydroxyl groups is 5. The average Bonchev–Trinajstić information content (AvgIpc) is 3.25. The summed E-state index contributed by atoms with van der Waals surface area (Å²) < 4.78 is 33.5. The highest BCUT2D eigenvalue weighted by Crippen LogP contribution is 2.47. The van der Waals surface area contributed by atoms with Crippen molar-refractivity contribution in [1.29, 1.82) is 0 Å². The van der Waals surface area contributed by atoms with Gasteiger partial charge in [-0.25, -0.2) is 4.57 Å². The van der Waals surface area contributed by atoms with E-state index in [4.69, 9.17) is 18.5 Å². The molecule has 0 radical (unpaired) electrons. The Kier molecular flexibility index (Phi) is 35.5. The summed E-state index contributed by atoms with van der Waals surface area (Å²) in [6.45, 7) is 3.22. The third-order valence-electron chi connectivity index (χ3n) is 10.9. The lowest BCUT2D eigenvalue weighted by atomic mass is 9.85. The highest BCUT2D eigenvalue weighted by molar-refractivity contribution is 7.47. The summed E-state index contributed by atoms with van der Waals surface area (Å²) in [5.41, 5.74) is 0. The lowest BCUT2D eigenvalue weighted by Crippen LogP contribution is -2.64. The van der Waals surface area contributed by atoms with E-state index in [-0.39, 0.29) is 12.8 Å². The van der Waals surface area contributed by atoms with E-state index in [1.54, 1.807) is 0 Å². The first-order valence-electron chi connectivity index (χ1n) is 24.0. The van der Waals surface area contributed by atoms with Crippen LogP contribution in [-0.4, -0.2) is 98.3 Å². The minimum Gasteiger partial charge on any atom is -0.462 e. The summed E-state index contributed by atoms with van der Waals surface area (Å²) in [5.74, 6) is -1.18. The van der Waals surface area contributed by atoms with Crippen LogP contribution in [0.25, 0.3) is 0 Å². The molecule has 360 valence electrons. The third kappa shape index (κ3) is 30.0. The van der Waals surface area contributed by atoms with Crippen molar-refractivity contribution in [1.82, 2.24) is 0 Å². The summed E-state index contributed by atoms with van der Waals surface area (Å²) in [7, 11) is -5.13. The van der Waals surface area contributed by atoms with Crippen LogP contribution in [0, 0.1) is 0 Å². The predicted octanol–water partition coefficient (Wildman–Crippen LogP) is 9.56. The molecule has 0 aromatic rings. The molecule has 0 amide bonds. The molecule has 0 aromatic heterocycles. The largest absolute Gasteiger partial charge is 0.472 e. The van der Waals surface area contributed by atoms with Crippen LogP contribution in [0.5, 0.6) is 0 Å². The number of phosphoric acid groups is 1. The number of hydrogen-bond acceptors (Lipinski definition) is 12. The van der Waals surface area contributed by atoms with Crippen LogP contribution >= 0.6 is 7.82 Å². The molecule has 1 aliphatic rings. The second-order valence-corrected chi connectivity index (χ2v) is 18.0. The molecule has 14 heteroatoms. The summed E-state index contributed by atoms with van der Waals surface area (Å²) in [5, 5.41) is 50.1. The molecule has 62 heavy (non-hydrogen) atoms. The van der Waals surface area contributed by atoms with Gasteiger partial charge in [0.1, 0.15) is 43.2 Å². The molecule has 0 saturated heterocycles. The van der Waals surface area contributed by atoms with Crippen LogP contribution < -0.4 is 0 Å². The number of unbranched alkanes of at least 4 members (excludes halogenated alkanes) is 20. The van der Waals surface area contributed by atoms with Crippen molar-refractivity contribution in [3.63, 3.8) is 0 Å². The van der Waals surface area contributed by atoms with Gasteiger partial charge in [0.15, 0.2) is 6.10 Å². The Morgan fingerprint density at radius 3 is 1.48 bits per heavy atom. The lowest BCUT2D eigenvalue weighted by molar-refractivity contribution is -0.220. The first-order chi connectivity index (χ1) is 29.9. The zero-order valence-electron chi connectivity index (χ0n) is 38.2. The minimum absolute atomic E-state index is 0.0106. The number of phosphoric ester groups is 1. The number of carbonyl (C=O) groups excluding carboxylic acids is 2. The zero-order valence-corrected chi connectivity index (χ0v) is 39.0. The number of esters is 2. The van der Waals surface area contributed by atoms with Gasteiger partial charge in [0.05, 0.1) is 6.61 Å². The van der Waals surface area contributed by atoms with E-state index in [2.05, 4.69) is 50.3 Å². The van der Waals surface area contributed by atoms with Crippen molar-refractivity contribution >= 4 is 19.8 Å². The fraction of sp³-hybridized carbons (Fsp3) is 0.792. The molecule has 0 bridgehead atoms. The van der Waals surface area contributed by atoms with Crippen LogP contribution in [0.15, 0.2) is 48.6 Å². The van der Waals surface area contributed by atoms with Crippen LogP contribution in [0.4, 0.5) is 0 Å². The smallest absolute Gasteiger partial charge is 0.462 e. The first kappa shape index (κ1) is 57.8. The average molecular weight is 901 g/mol. The number of carbonyl (C=O) groups is 2. The molecule has 0 aliphatic heterocycles. The topological polar surface area (TPSA) is 210 Å². The molecule has 1 saturated carbocycles. The number of ether oxygens (including phenoxy) is 2. The van der Waals surface area contributed by atoms with Gasteiger partial charge in [-0.1, -0.05) is 165 Å². The van der Waals surface area contributed by atoms with E-state index in [1.165, 1.54) is 103 Å². The van der Waals surface area contributed by atoms with E-state index < -0.39 is 75.7 Å². The molecule has 0 spiro atoms. The van der Waals surface area contributed by atoms with Gasteiger partial charge in [-0.15, -0.1) is 0 Å². The van der Waals surface area contributed by atoms with Gasteiger partial charge in [0.25, 0.3) is 0 Å². The van der Waals surface area contributed by atoms with Gasteiger partial charge < -0.3 is 39.9 Å². The fourth-order valence-corrected chi connectivity index (χ4v) is 8.01. The van der Waals surface area contributed by atoms with Gasteiger partial charge in [0, 0.05) is 12.8 Å². The molecule has 1 fully saturated rings. The van der Waals surface area contributed by atoms with Crippen molar-refractivity contribution in [2.45, 2.75) is 230 Å². The SMILES string of the molecule is CCCCCC/C=C/C=C/CCCCCCCCCCCCC(=O)OCC(COP(=O)(O)OC1C(O)C(O)C(O)[C@H](O)C1O)OC(=O)CC/C=C/C/C=C/CCCCCCCC. The van der Waals surface area contributed by atoms with Crippen LogP contribution in [0.1, 0.15) is 187 Å². The maximum absolute atomic E-state index is 12.8. The molecule has 8 atom stereocenters. The monoisotopic (exact) mass is 901 g/mol. The standard InChI is InChI=1S/C48H85O13P/c1-3-5-7-9-11-13-15-17-18-19-20-21-22-23-25-26-28-30-32-34-36-41(49)58-38-40(39-59-62(56,57)61-48-46(54)44(52)43(51)45(53)47(48)55)60-42(50)37-35-33-31-29-27-24-16-14-12-10-8-6-4-2/h13,15,17-18,24,27,31,33,40,43-48,51-55H,3-12,14,16,19-23,25-26,28-30,32,34-39H2,1-2H3,(H,56,57)/b15-13+,18-17+,27-24+,33-31+/t40?,43?,44-,45?,46?,47?,48?/m0/s1. The van der Waals surface area contributed by atoms with Crippen LogP contribution in [0.2, 0.25) is 0 Å². The highest BCUT2D eigenvalue weighted by atomic mass is 31.2. The number of aliphatic hydroxyl groups excluding tert-OH is 5. The molecule has 7 unspecified atom stereocenters. The first-order valence-corrected chi connectivity index (χ1v) is 25.5. The quantitative estimate of drug-likeness (QED) is 0.0112. The predicted molar refractivity (Wildman–Crippen MR) is 244 cm³/mol. The van der Waals surface area contributed by atoms with Gasteiger partial charge in [-0.3, -0.25) is 18.6 Å². The summed E-state index contributed by atoms with van der Waals surface area (Å²) in [6, 6.07) is 0. The van der Waals surface area contributed by atoms with E-state index >= 15 is 0 Å². The van der Waals surface area contributed by atoms with Gasteiger partial charge in [0.2, 0.25) is 0 Å². The van der Waals surface area contributed by atoms with E-state index in [1.807, 2.05) is 12.2 Å². The van der Waals surface area contributed by atoms with Crippen molar-refractivity contribution in [2.24, 2.45) is 0 Å². The zero-order chi connectivity index (χ0) is 45.7. The van der Waals surface area contributed by atoms with Crippen molar-refractivity contribution in [3.05, 3.63) is 48.6 Å². The fourth-order valence-electron chi connectivity index (χ4n) is 7.04. The van der Waals surface area contributed by atoms with Crippen molar-refractivity contribution in [2.75, 3.05) is 13.2 Å². The van der Waals surface area contributed by atoms with Crippen LogP contribution in [-0.2, 0) is 32.7 Å². The molecule has 1 aliphatic carbocycles. The second kappa shape index (κ2) is 38.1. The van der Waals surface area contributed by atoms with Crippen molar-refractivity contribution < 1.29 is 63.1 Å². The van der Waals surface area contributed by atoms with Gasteiger partial charge in [-0.05, 0) is 57.8 Å². The van der Waals surface area contributed by atoms with Crippen LogP contribution in [0.3, 0.4) is 0 Å². The molecule has 1 rings (SSSR count). The second-order valence-electron chi connectivity index (χ2n) is 16.6. The Balaban J connectivity index is 2.44. The Hall–Kier alpha value is -2.19. The molecule has 13 nitrogen and oxygen atoms in total. The summed E-state index contributed by atoms with van der Waals surface area (Å²) >= 11 is 0. The lowest BCUT2D eigenvalue weighted by Gasteiger charge is -2.41. The summed E-state index contributed by atoms with van der Waals surface area (Å²) in [4.78, 5) is 35.7.